The number of amides is 1. The number of hydrogen-bond donors (Lipinski definition) is 1. The predicted molar refractivity (Wildman–Crippen MR) is 92.3 cm³/mol. The molecule has 0 unspecified atom stereocenters. The Balaban J connectivity index is 1.52. The van der Waals surface area contributed by atoms with Gasteiger partial charge in [-0.25, -0.2) is 13.6 Å². The van der Waals surface area contributed by atoms with E-state index in [0.717, 1.165) is 57.8 Å². The standard InChI is InChI=1S/C16H24N4O3S/c17-24(22,23)15-5-3-14(4-6-15)19-11-9-18(10-12-19)13-16(21)20-7-1-2-8-20/h3-6H,1-2,7-13H2,(H2,17,22,23). The first-order valence-corrected chi connectivity index (χ1v) is 9.86. The highest BCUT2D eigenvalue weighted by atomic mass is 32.2. The van der Waals surface area contributed by atoms with Crippen LogP contribution in [0.2, 0.25) is 0 Å². The van der Waals surface area contributed by atoms with Crippen molar-refractivity contribution in [2.75, 3.05) is 50.7 Å². The van der Waals surface area contributed by atoms with Crippen LogP contribution in [0.25, 0.3) is 0 Å². The van der Waals surface area contributed by atoms with Crippen molar-refractivity contribution >= 4 is 21.6 Å². The number of rotatable bonds is 4. The molecule has 8 heteroatoms. The average Bonchev–Trinajstić information content (AvgIpc) is 3.09. The summed E-state index contributed by atoms with van der Waals surface area (Å²) >= 11 is 0. The van der Waals surface area contributed by atoms with Gasteiger partial charge in [0.2, 0.25) is 15.9 Å². The lowest BCUT2D eigenvalue weighted by Gasteiger charge is -2.36. The van der Waals surface area contributed by atoms with Crippen LogP contribution in [0, 0.1) is 0 Å². The smallest absolute Gasteiger partial charge is 0.238 e. The fraction of sp³-hybridized carbons (Fsp3) is 0.562. The topological polar surface area (TPSA) is 87.0 Å². The summed E-state index contributed by atoms with van der Waals surface area (Å²) < 4.78 is 22.6. The summed E-state index contributed by atoms with van der Waals surface area (Å²) in [6, 6.07) is 6.64. The van der Waals surface area contributed by atoms with Gasteiger partial charge in [-0.2, -0.15) is 0 Å². The molecule has 3 rings (SSSR count). The Morgan fingerprint density at radius 2 is 1.54 bits per heavy atom. The highest BCUT2D eigenvalue weighted by molar-refractivity contribution is 7.89. The molecule has 0 spiro atoms. The molecule has 0 saturated carbocycles. The van der Waals surface area contributed by atoms with Crippen molar-refractivity contribution in [3.8, 4) is 0 Å². The molecular weight excluding hydrogens is 328 g/mol. The summed E-state index contributed by atoms with van der Waals surface area (Å²) in [5, 5.41) is 5.12. The van der Waals surface area contributed by atoms with Crippen LogP contribution in [0.1, 0.15) is 12.8 Å². The third-order valence-electron chi connectivity index (χ3n) is 4.72. The first-order valence-electron chi connectivity index (χ1n) is 8.31. The van der Waals surface area contributed by atoms with E-state index in [1.54, 1.807) is 12.1 Å². The average molecular weight is 352 g/mol. The highest BCUT2D eigenvalue weighted by Crippen LogP contribution is 2.19. The molecule has 7 nitrogen and oxygen atoms in total. The summed E-state index contributed by atoms with van der Waals surface area (Å²) in [6.45, 7) is 5.60. The van der Waals surface area contributed by atoms with E-state index < -0.39 is 10.0 Å². The van der Waals surface area contributed by atoms with Crippen LogP contribution >= 0.6 is 0 Å². The number of carbonyl (C=O) groups is 1. The van der Waals surface area contributed by atoms with Gasteiger partial charge >= 0.3 is 0 Å². The van der Waals surface area contributed by atoms with Gasteiger partial charge in [0, 0.05) is 45.0 Å². The summed E-state index contributed by atoms with van der Waals surface area (Å²) in [5.74, 6) is 0.235. The monoisotopic (exact) mass is 352 g/mol. The van der Waals surface area contributed by atoms with Gasteiger partial charge in [0.1, 0.15) is 0 Å². The first kappa shape index (κ1) is 17.2. The van der Waals surface area contributed by atoms with Crippen LogP contribution in [-0.2, 0) is 14.8 Å². The molecule has 2 N–H and O–H groups in total. The predicted octanol–water partition coefficient (Wildman–Crippen LogP) is 0.0784. The number of likely N-dealkylation sites (tertiary alicyclic amines) is 1. The Morgan fingerprint density at radius 1 is 0.958 bits per heavy atom. The lowest BCUT2D eigenvalue weighted by molar-refractivity contribution is -0.131. The number of hydrogen-bond acceptors (Lipinski definition) is 5. The van der Waals surface area contributed by atoms with Crippen LogP contribution in [0.15, 0.2) is 29.2 Å². The Bertz CT molecular complexity index is 676. The Labute approximate surface area is 143 Å². The number of nitrogens with zero attached hydrogens (tertiary/aromatic N) is 3. The van der Waals surface area contributed by atoms with Gasteiger partial charge < -0.3 is 9.80 Å². The maximum atomic E-state index is 12.2. The Morgan fingerprint density at radius 3 is 2.08 bits per heavy atom. The van der Waals surface area contributed by atoms with Crippen molar-refractivity contribution in [1.29, 1.82) is 0 Å². The Kier molecular flexibility index (Phi) is 5.07. The van der Waals surface area contributed by atoms with Gasteiger partial charge in [-0.15, -0.1) is 0 Å². The minimum atomic E-state index is -3.65. The van der Waals surface area contributed by atoms with Crippen LogP contribution in [0.4, 0.5) is 5.69 Å². The molecule has 0 atom stereocenters. The lowest BCUT2D eigenvalue weighted by Crippen LogP contribution is -2.49. The lowest BCUT2D eigenvalue weighted by atomic mass is 10.2. The summed E-state index contributed by atoms with van der Waals surface area (Å²) in [5.41, 5.74) is 0.980. The van der Waals surface area contributed by atoms with Gasteiger partial charge in [0.25, 0.3) is 0 Å². The van der Waals surface area contributed by atoms with Crippen molar-refractivity contribution in [1.82, 2.24) is 9.80 Å². The second-order valence-corrected chi connectivity index (χ2v) is 7.95. The molecule has 132 valence electrons. The molecule has 1 aromatic rings. The fourth-order valence-electron chi connectivity index (χ4n) is 3.27. The van der Waals surface area contributed by atoms with E-state index in [2.05, 4.69) is 9.80 Å². The van der Waals surface area contributed by atoms with Gasteiger partial charge in [-0.05, 0) is 37.1 Å². The number of benzene rings is 1. The van der Waals surface area contributed by atoms with Crippen LogP contribution in [0.3, 0.4) is 0 Å². The summed E-state index contributed by atoms with van der Waals surface area (Å²) in [6.07, 6.45) is 2.24. The van der Waals surface area contributed by atoms with E-state index in [-0.39, 0.29) is 10.8 Å². The van der Waals surface area contributed by atoms with E-state index in [4.69, 9.17) is 5.14 Å². The molecule has 0 bridgehead atoms. The molecule has 2 saturated heterocycles. The number of anilines is 1. The normalized spacial score (nSPS) is 19.7. The molecule has 1 aromatic carbocycles. The number of piperazine rings is 1. The first-order chi connectivity index (χ1) is 11.4. The molecule has 0 aromatic heterocycles. The van der Waals surface area contributed by atoms with Gasteiger partial charge in [0.05, 0.1) is 11.4 Å². The Hall–Kier alpha value is -1.64. The zero-order valence-corrected chi connectivity index (χ0v) is 14.5. The molecule has 24 heavy (non-hydrogen) atoms. The van der Waals surface area contributed by atoms with Gasteiger partial charge in [-0.1, -0.05) is 0 Å². The summed E-state index contributed by atoms with van der Waals surface area (Å²) in [7, 11) is -3.65. The molecule has 2 heterocycles. The van der Waals surface area contributed by atoms with E-state index in [1.165, 1.54) is 12.1 Å². The second kappa shape index (κ2) is 7.08. The minimum absolute atomic E-state index is 0.126. The number of nitrogens with two attached hydrogens (primary N) is 1. The zero-order valence-electron chi connectivity index (χ0n) is 13.7. The summed E-state index contributed by atoms with van der Waals surface area (Å²) in [4.78, 5) is 18.7. The minimum Gasteiger partial charge on any atom is -0.369 e. The molecule has 2 aliphatic rings. The van der Waals surface area contributed by atoms with Crippen molar-refractivity contribution in [2.24, 2.45) is 5.14 Å². The SMILES string of the molecule is NS(=O)(=O)c1ccc(N2CCN(CC(=O)N3CCCC3)CC2)cc1. The maximum Gasteiger partial charge on any atom is 0.238 e. The third kappa shape index (κ3) is 4.06. The van der Waals surface area contributed by atoms with Crippen LogP contribution in [0.5, 0.6) is 0 Å². The van der Waals surface area contributed by atoms with Crippen molar-refractivity contribution < 1.29 is 13.2 Å². The van der Waals surface area contributed by atoms with E-state index in [9.17, 15) is 13.2 Å². The van der Waals surface area contributed by atoms with E-state index in [1.807, 2.05) is 4.90 Å². The van der Waals surface area contributed by atoms with E-state index in [0.29, 0.717) is 6.54 Å². The van der Waals surface area contributed by atoms with Crippen molar-refractivity contribution in [2.45, 2.75) is 17.7 Å². The van der Waals surface area contributed by atoms with E-state index >= 15 is 0 Å². The molecular formula is C16H24N4O3S. The van der Waals surface area contributed by atoms with Crippen LogP contribution < -0.4 is 10.0 Å². The molecule has 2 fully saturated rings. The van der Waals surface area contributed by atoms with Gasteiger partial charge in [-0.3, -0.25) is 9.69 Å². The maximum absolute atomic E-state index is 12.2. The highest BCUT2D eigenvalue weighted by Gasteiger charge is 2.23. The fourth-order valence-corrected chi connectivity index (χ4v) is 3.78. The second-order valence-electron chi connectivity index (χ2n) is 6.39. The molecule has 2 aliphatic heterocycles. The van der Waals surface area contributed by atoms with Crippen molar-refractivity contribution in [3.05, 3.63) is 24.3 Å². The molecule has 1 amide bonds. The molecule has 0 radical (unpaired) electrons. The van der Waals surface area contributed by atoms with Gasteiger partial charge in [0.15, 0.2) is 0 Å². The number of carbonyl (C=O) groups excluding carboxylic acids is 1. The largest absolute Gasteiger partial charge is 0.369 e. The number of primary sulfonamides is 1. The molecule has 0 aliphatic carbocycles. The van der Waals surface area contributed by atoms with Crippen molar-refractivity contribution in [3.63, 3.8) is 0 Å². The third-order valence-corrected chi connectivity index (χ3v) is 5.65. The van der Waals surface area contributed by atoms with Crippen LogP contribution in [-0.4, -0.2) is 69.9 Å². The zero-order chi connectivity index (χ0) is 17.2. The number of sulfonamides is 1. The quantitative estimate of drug-likeness (QED) is 0.829.